The lowest BCUT2D eigenvalue weighted by atomic mass is 10.1. The highest BCUT2D eigenvalue weighted by molar-refractivity contribution is 5.59. The number of anilines is 1. The van der Waals surface area contributed by atoms with Gasteiger partial charge in [0.25, 0.3) is 0 Å². The number of ether oxygens (including phenoxy) is 1. The topological polar surface area (TPSA) is 77.3 Å². The summed E-state index contributed by atoms with van der Waals surface area (Å²) in [6.45, 7) is 1.97. The van der Waals surface area contributed by atoms with Gasteiger partial charge in [-0.15, -0.1) is 0 Å². The third-order valence-corrected chi connectivity index (χ3v) is 2.94. The Bertz CT molecular complexity index is 602. The van der Waals surface area contributed by atoms with Crippen LogP contribution in [-0.2, 0) is 0 Å². The summed E-state index contributed by atoms with van der Waals surface area (Å²) in [5, 5.41) is 14.2. The van der Waals surface area contributed by atoms with E-state index in [0.717, 1.165) is 5.56 Å². The third kappa shape index (κ3) is 3.03. The Morgan fingerprint density at radius 1 is 1.40 bits per heavy atom. The Morgan fingerprint density at radius 2 is 2.20 bits per heavy atom. The van der Waals surface area contributed by atoms with Crippen molar-refractivity contribution in [2.45, 2.75) is 13.0 Å². The first kappa shape index (κ1) is 13.8. The fourth-order valence-electron chi connectivity index (χ4n) is 1.89. The third-order valence-electron chi connectivity index (χ3n) is 2.94. The fraction of sp³-hybridized carbons (Fsp3) is 0.214. The van der Waals surface area contributed by atoms with Crippen molar-refractivity contribution >= 4 is 11.4 Å². The summed E-state index contributed by atoms with van der Waals surface area (Å²) in [6.07, 6.45) is 3.46. The molecule has 0 spiro atoms. The van der Waals surface area contributed by atoms with E-state index in [9.17, 15) is 10.1 Å². The normalized spacial score (nSPS) is 11.7. The van der Waals surface area contributed by atoms with Crippen LogP contribution in [0.4, 0.5) is 11.4 Å². The first-order chi connectivity index (χ1) is 9.61. The molecule has 2 rings (SSSR count). The van der Waals surface area contributed by atoms with Gasteiger partial charge in [0.05, 0.1) is 18.1 Å². The second kappa shape index (κ2) is 6.01. The smallest absolute Gasteiger partial charge is 0.312 e. The van der Waals surface area contributed by atoms with Gasteiger partial charge < -0.3 is 10.1 Å². The molecule has 1 N–H and O–H groups in total. The lowest BCUT2D eigenvalue weighted by Gasteiger charge is -2.15. The molecule has 104 valence electrons. The minimum Gasteiger partial charge on any atom is -0.490 e. The van der Waals surface area contributed by atoms with E-state index in [2.05, 4.69) is 10.3 Å². The number of nitro benzene ring substituents is 1. The standard InChI is InChI=1S/C14H15N3O3/c1-10(11-4-3-7-15-9-11)16-12-5-6-14(20-2)13(8-12)17(18)19/h3-10,16H,1-2H3. The maximum Gasteiger partial charge on any atom is 0.312 e. The predicted octanol–water partition coefficient (Wildman–Crippen LogP) is 3.17. The molecule has 6 nitrogen and oxygen atoms in total. The van der Waals surface area contributed by atoms with Crippen molar-refractivity contribution in [3.05, 3.63) is 58.4 Å². The van der Waals surface area contributed by atoms with Gasteiger partial charge in [-0.1, -0.05) is 6.07 Å². The molecule has 0 radical (unpaired) electrons. The largest absolute Gasteiger partial charge is 0.490 e. The van der Waals surface area contributed by atoms with E-state index in [0.29, 0.717) is 5.69 Å². The lowest BCUT2D eigenvalue weighted by Crippen LogP contribution is -2.07. The lowest BCUT2D eigenvalue weighted by molar-refractivity contribution is -0.385. The second-order valence-electron chi connectivity index (χ2n) is 4.30. The summed E-state index contributed by atoms with van der Waals surface area (Å²) in [5.41, 5.74) is 1.61. The number of pyridine rings is 1. The average Bonchev–Trinajstić information content (AvgIpc) is 2.48. The van der Waals surface area contributed by atoms with Crippen molar-refractivity contribution in [2.75, 3.05) is 12.4 Å². The number of nitro groups is 1. The number of aromatic nitrogens is 1. The maximum absolute atomic E-state index is 11.0. The fourth-order valence-corrected chi connectivity index (χ4v) is 1.89. The van der Waals surface area contributed by atoms with Gasteiger partial charge in [-0.05, 0) is 30.7 Å². The average molecular weight is 273 g/mol. The molecule has 0 aliphatic carbocycles. The molecule has 1 heterocycles. The Morgan fingerprint density at radius 3 is 2.80 bits per heavy atom. The molecule has 1 atom stereocenters. The summed E-state index contributed by atoms with van der Waals surface area (Å²) in [7, 11) is 1.41. The summed E-state index contributed by atoms with van der Waals surface area (Å²) in [4.78, 5) is 14.6. The zero-order valence-corrected chi connectivity index (χ0v) is 11.2. The van der Waals surface area contributed by atoms with E-state index in [1.165, 1.54) is 13.2 Å². The highest BCUT2D eigenvalue weighted by Gasteiger charge is 2.16. The minimum atomic E-state index is -0.460. The van der Waals surface area contributed by atoms with E-state index >= 15 is 0 Å². The number of hydrogen-bond acceptors (Lipinski definition) is 5. The minimum absolute atomic E-state index is 0.00306. The van der Waals surface area contributed by atoms with Crippen molar-refractivity contribution in [2.24, 2.45) is 0 Å². The molecule has 2 aromatic rings. The predicted molar refractivity (Wildman–Crippen MR) is 75.9 cm³/mol. The summed E-state index contributed by atoms with van der Waals surface area (Å²) >= 11 is 0. The summed E-state index contributed by atoms with van der Waals surface area (Å²) < 4.78 is 4.97. The molecule has 20 heavy (non-hydrogen) atoms. The molecule has 1 aromatic heterocycles. The van der Waals surface area contributed by atoms with Crippen LogP contribution < -0.4 is 10.1 Å². The van der Waals surface area contributed by atoms with Crippen molar-refractivity contribution in [3.8, 4) is 5.75 Å². The number of hydrogen-bond donors (Lipinski definition) is 1. The van der Waals surface area contributed by atoms with E-state index in [1.807, 2.05) is 19.1 Å². The van der Waals surface area contributed by atoms with Crippen LogP contribution in [0.3, 0.4) is 0 Å². The van der Waals surface area contributed by atoms with Crippen LogP contribution in [-0.4, -0.2) is 17.0 Å². The number of methoxy groups -OCH3 is 1. The van der Waals surface area contributed by atoms with Crippen molar-refractivity contribution < 1.29 is 9.66 Å². The van der Waals surface area contributed by atoms with E-state index in [-0.39, 0.29) is 17.5 Å². The summed E-state index contributed by atoms with van der Waals surface area (Å²) in [5.74, 6) is 0.245. The van der Waals surface area contributed by atoms with Gasteiger partial charge in [0, 0.05) is 24.1 Å². The molecule has 6 heteroatoms. The number of benzene rings is 1. The quantitative estimate of drug-likeness (QED) is 0.668. The second-order valence-corrected chi connectivity index (χ2v) is 4.30. The highest BCUT2D eigenvalue weighted by atomic mass is 16.6. The molecule has 0 aliphatic heterocycles. The van der Waals surface area contributed by atoms with Crippen LogP contribution in [0.1, 0.15) is 18.5 Å². The van der Waals surface area contributed by atoms with Gasteiger partial charge in [0.1, 0.15) is 0 Å². The molecule has 1 aromatic carbocycles. The number of nitrogens with one attached hydrogen (secondary N) is 1. The highest BCUT2D eigenvalue weighted by Crippen LogP contribution is 2.31. The molecule has 0 aliphatic rings. The molecular weight excluding hydrogens is 258 g/mol. The first-order valence-corrected chi connectivity index (χ1v) is 6.10. The monoisotopic (exact) mass is 273 g/mol. The van der Waals surface area contributed by atoms with Crippen LogP contribution in [0.25, 0.3) is 0 Å². The van der Waals surface area contributed by atoms with Gasteiger partial charge >= 0.3 is 5.69 Å². The molecule has 0 bridgehead atoms. The van der Waals surface area contributed by atoms with Gasteiger partial charge in [-0.25, -0.2) is 0 Å². The van der Waals surface area contributed by atoms with Gasteiger partial charge in [-0.2, -0.15) is 0 Å². The Hall–Kier alpha value is -2.63. The van der Waals surface area contributed by atoms with E-state index < -0.39 is 4.92 Å². The van der Waals surface area contributed by atoms with Crippen LogP contribution in [0, 0.1) is 10.1 Å². The Balaban J connectivity index is 2.22. The van der Waals surface area contributed by atoms with Crippen LogP contribution in [0.5, 0.6) is 5.75 Å². The van der Waals surface area contributed by atoms with E-state index in [1.54, 1.807) is 24.5 Å². The van der Waals surface area contributed by atoms with Gasteiger partial charge in [0.2, 0.25) is 0 Å². The number of nitrogens with zero attached hydrogens (tertiary/aromatic N) is 2. The summed E-state index contributed by atoms with van der Waals surface area (Å²) in [6, 6.07) is 8.59. The van der Waals surface area contributed by atoms with Gasteiger partial charge in [-0.3, -0.25) is 15.1 Å². The Labute approximate surface area is 116 Å². The van der Waals surface area contributed by atoms with Crippen molar-refractivity contribution in [1.29, 1.82) is 0 Å². The van der Waals surface area contributed by atoms with Gasteiger partial charge in [0.15, 0.2) is 5.75 Å². The zero-order valence-electron chi connectivity index (χ0n) is 11.2. The van der Waals surface area contributed by atoms with Crippen LogP contribution in [0.2, 0.25) is 0 Å². The SMILES string of the molecule is COc1ccc(NC(C)c2cccnc2)cc1[N+](=O)[O-]. The van der Waals surface area contributed by atoms with Crippen molar-refractivity contribution in [3.63, 3.8) is 0 Å². The number of rotatable bonds is 5. The molecule has 0 saturated carbocycles. The molecule has 0 saturated heterocycles. The molecular formula is C14H15N3O3. The van der Waals surface area contributed by atoms with E-state index in [4.69, 9.17) is 4.74 Å². The van der Waals surface area contributed by atoms with Crippen LogP contribution >= 0.6 is 0 Å². The molecule has 1 unspecified atom stereocenters. The zero-order chi connectivity index (χ0) is 14.5. The maximum atomic E-state index is 11.0. The first-order valence-electron chi connectivity index (χ1n) is 6.10. The van der Waals surface area contributed by atoms with Crippen LogP contribution in [0.15, 0.2) is 42.7 Å². The Kier molecular flexibility index (Phi) is 4.14. The molecule has 0 fully saturated rings. The molecule has 0 amide bonds. The van der Waals surface area contributed by atoms with Crippen molar-refractivity contribution in [1.82, 2.24) is 4.98 Å².